The third-order valence-corrected chi connectivity index (χ3v) is 4.55. The molecule has 1 fully saturated rings. The van der Waals surface area contributed by atoms with Crippen LogP contribution in [-0.2, 0) is 11.2 Å². The molecule has 114 valence electrons. The summed E-state index contributed by atoms with van der Waals surface area (Å²) in [5.74, 6) is 1.71. The van der Waals surface area contributed by atoms with E-state index in [1.807, 2.05) is 6.07 Å². The highest BCUT2D eigenvalue weighted by Crippen LogP contribution is 2.17. The molecule has 0 aromatic heterocycles. The largest absolute Gasteiger partial charge is 0.325 e. The molecule has 0 radical (unpaired) electrons. The van der Waals surface area contributed by atoms with Gasteiger partial charge in [-0.25, -0.2) is 4.79 Å². The molecule has 21 heavy (non-hydrogen) atoms. The molecule has 0 atom stereocenters. The van der Waals surface area contributed by atoms with Gasteiger partial charge in [-0.05, 0) is 38.0 Å². The summed E-state index contributed by atoms with van der Waals surface area (Å²) in [5, 5.41) is 2.69. The Morgan fingerprint density at radius 2 is 1.86 bits per heavy atom. The van der Waals surface area contributed by atoms with E-state index in [9.17, 15) is 9.59 Å². The van der Waals surface area contributed by atoms with Crippen molar-refractivity contribution in [2.45, 2.75) is 32.2 Å². The van der Waals surface area contributed by atoms with Crippen molar-refractivity contribution < 1.29 is 9.59 Å². The van der Waals surface area contributed by atoms with Gasteiger partial charge >= 0.3 is 6.03 Å². The van der Waals surface area contributed by atoms with Crippen LogP contribution in [0.15, 0.2) is 30.3 Å². The Morgan fingerprint density at radius 1 is 1.14 bits per heavy atom. The molecule has 1 aliphatic heterocycles. The maximum Gasteiger partial charge on any atom is 0.325 e. The lowest BCUT2D eigenvalue weighted by Gasteiger charge is -2.15. The van der Waals surface area contributed by atoms with Crippen LogP contribution in [0.1, 0.15) is 25.8 Å². The van der Waals surface area contributed by atoms with Crippen LogP contribution >= 0.6 is 11.8 Å². The Bertz CT molecular complexity index is 502. The fourth-order valence-corrected chi connectivity index (χ4v) is 3.17. The number of carbonyl (C=O) groups excluding carboxylic acids is 2. The van der Waals surface area contributed by atoms with Gasteiger partial charge in [-0.2, -0.15) is 11.8 Å². The molecule has 1 N–H and O–H groups in total. The van der Waals surface area contributed by atoms with E-state index in [1.165, 1.54) is 10.5 Å². The monoisotopic (exact) mass is 306 g/mol. The van der Waals surface area contributed by atoms with Gasteiger partial charge in [0, 0.05) is 12.3 Å². The third-order valence-electron chi connectivity index (χ3n) is 3.50. The van der Waals surface area contributed by atoms with E-state index < -0.39 is 5.54 Å². The highest BCUT2D eigenvalue weighted by atomic mass is 32.2. The first-order valence-electron chi connectivity index (χ1n) is 7.26. The zero-order valence-electron chi connectivity index (χ0n) is 12.6. The third kappa shape index (κ3) is 4.24. The van der Waals surface area contributed by atoms with Crippen molar-refractivity contribution in [1.82, 2.24) is 10.2 Å². The molecule has 4 nitrogen and oxygen atoms in total. The minimum Gasteiger partial charge on any atom is -0.324 e. The van der Waals surface area contributed by atoms with Crippen molar-refractivity contribution in [3.05, 3.63) is 35.9 Å². The average Bonchev–Trinajstić information content (AvgIpc) is 2.65. The van der Waals surface area contributed by atoms with Crippen LogP contribution in [0.4, 0.5) is 4.79 Å². The molecule has 0 saturated carbocycles. The molecule has 2 rings (SSSR count). The predicted molar refractivity (Wildman–Crippen MR) is 86.4 cm³/mol. The molecule has 1 aromatic rings. The first kappa shape index (κ1) is 15.9. The molecule has 5 heteroatoms. The predicted octanol–water partition coefficient (Wildman–Crippen LogP) is 2.68. The lowest BCUT2D eigenvalue weighted by atomic mass is 10.1. The van der Waals surface area contributed by atoms with Crippen LogP contribution in [0, 0.1) is 0 Å². The van der Waals surface area contributed by atoms with Gasteiger partial charge in [0.25, 0.3) is 5.91 Å². The molecular weight excluding hydrogens is 284 g/mol. The van der Waals surface area contributed by atoms with Crippen molar-refractivity contribution in [3.63, 3.8) is 0 Å². The van der Waals surface area contributed by atoms with Gasteiger partial charge in [0.05, 0.1) is 0 Å². The summed E-state index contributed by atoms with van der Waals surface area (Å²) in [4.78, 5) is 25.0. The van der Waals surface area contributed by atoms with E-state index in [2.05, 4.69) is 29.6 Å². The van der Waals surface area contributed by atoms with Crippen molar-refractivity contribution >= 4 is 23.7 Å². The number of urea groups is 1. The number of benzene rings is 1. The Hall–Kier alpha value is -1.49. The van der Waals surface area contributed by atoms with E-state index in [1.54, 1.807) is 25.6 Å². The molecule has 1 aliphatic rings. The van der Waals surface area contributed by atoms with Crippen LogP contribution in [0.3, 0.4) is 0 Å². The first-order valence-corrected chi connectivity index (χ1v) is 8.42. The number of amides is 3. The molecule has 3 amide bonds. The highest BCUT2D eigenvalue weighted by molar-refractivity contribution is 7.99. The second kappa shape index (κ2) is 6.98. The maximum absolute atomic E-state index is 12.0. The Balaban J connectivity index is 1.62. The average molecular weight is 306 g/mol. The molecule has 0 spiro atoms. The van der Waals surface area contributed by atoms with Crippen LogP contribution in [-0.4, -0.2) is 40.4 Å². The van der Waals surface area contributed by atoms with Crippen LogP contribution < -0.4 is 5.32 Å². The fourth-order valence-electron chi connectivity index (χ4n) is 2.30. The normalized spacial score (nSPS) is 17.1. The summed E-state index contributed by atoms with van der Waals surface area (Å²) in [5.41, 5.74) is 0.601. The lowest BCUT2D eigenvalue weighted by Crippen LogP contribution is -2.40. The molecule has 0 bridgehead atoms. The number of thioether (sulfide) groups is 1. The number of hydrogen-bond donors (Lipinski definition) is 1. The van der Waals surface area contributed by atoms with Crippen LogP contribution in [0.2, 0.25) is 0 Å². The fraction of sp³-hybridized carbons (Fsp3) is 0.500. The zero-order chi connectivity index (χ0) is 15.3. The Morgan fingerprint density at radius 3 is 2.48 bits per heavy atom. The van der Waals surface area contributed by atoms with E-state index in [4.69, 9.17) is 0 Å². The SMILES string of the molecule is CC1(C)NC(=O)N(CCSCCCc2ccccc2)C1=O. The highest BCUT2D eigenvalue weighted by Gasteiger charge is 2.43. The molecule has 0 aliphatic carbocycles. The van der Waals surface area contributed by atoms with E-state index >= 15 is 0 Å². The number of imide groups is 1. The number of nitrogens with zero attached hydrogens (tertiary/aromatic N) is 1. The Labute approximate surface area is 130 Å². The summed E-state index contributed by atoms with van der Waals surface area (Å²) in [6.45, 7) is 3.96. The van der Waals surface area contributed by atoms with Crippen molar-refractivity contribution in [2.75, 3.05) is 18.1 Å². The van der Waals surface area contributed by atoms with Crippen molar-refractivity contribution in [2.24, 2.45) is 0 Å². The van der Waals surface area contributed by atoms with Crippen LogP contribution in [0.5, 0.6) is 0 Å². The second-order valence-electron chi connectivity index (χ2n) is 5.71. The van der Waals surface area contributed by atoms with Gasteiger partial charge in [0.2, 0.25) is 0 Å². The quantitative estimate of drug-likeness (QED) is 0.622. The van der Waals surface area contributed by atoms with Gasteiger partial charge in [-0.15, -0.1) is 0 Å². The topological polar surface area (TPSA) is 49.4 Å². The molecule has 1 aromatic carbocycles. The number of hydrogen-bond acceptors (Lipinski definition) is 3. The smallest absolute Gasteiger partial charge is 0.324 e. The number of aryl methyl sites for hydroxylation is 1. The minimum absolute atomic E-state index is 0.127. The standard InChI is InChI=1S/C16H22N2O2S/c1-16(2)14(19)18(15(20)17-16)10-12-21-11-6-9-13-7-4-3-5-8-13/h3-5,7-8H,6,9-12H2,1-2H3,(H,17,20). The van der Waals surface area contributed by atoms with Crippen LogP contribution in [0.25, 0.3) is 0 Å². The van der Waals surface area contributed by atoms with Gasteiger partial charge in [0.1, 0.15) is 5.54 Å². The van der Waals surface area contributed by atoms with Gasteiger partial charge < -0.3 is 5.32 Å². The second-order valence-corrected chi connectivity index (χ2v) is 6.94. The number of rotatable bonds is 7. The van der Waals surface area contributed by atoms with Gasteiger partial charge in [0.15, 0.2) is 0 Å². The summed E-state index contributed by atoms with van der Waals surface area (Å²) in [6.07, 6.45) is 2.18. The summed E-state index contributed by atoms with van der Waals surface area (Å²) < 4.78 is 0. The molecular formula is C16H22N2O2S. The van der Waals surface area contributed by atoms with E-state index in [-0.39, 0.29) is 11.9 Å². The van der Waals surface area contributed by atoms with Crippen molar-refractivity contribution in [1.29, 1.82) is 0 Å². The molecule has 1 heterocycles. The Kier molecular flexibility index (Phi) is 5.28. The summed E-state index contributed by atoms with van der Waals surface area (Å²) in [7, 11) is 0. The maximum atomic E-state index is 12.0. The van der Waals surface area contributed by atoms with Gasteiger partial charge in [-0.3, -0.25) is 9.69 Å². The zero-order valence-corrected chi connectivity index (χ0v) is 13.4. The minimum atomic E-state index is -0.755. The molecule has 0 unspecified atom stereocenters. The summed E-state index contributed by atoms with van der Waals surface area (Å²) in [6, 6.07) is 10.1. The van der Waals surface area contributed by atoms with Gasteiger partial charge in [-0.1, -0.05) is 30.3 Å². The number of nitrogens with one attached hydrogen (secondary N) is 1. The van der Waals surface area contributed by atoms with Crippen molar-refractivity contribution in [3.8, 4) is 0 Å². The summed E-state index contributed by atoms with van der Waals surface area (Å²) >= 11 is 1.79. The van der Waals surface area contributed by atoms with E-state index in [0.29, 0.717) is 6.54 Å². The lowest BCUT2D eigenvalue weighted by molar-refractivity contribution is -0.130. The first-order chi connectivity index (χ1) is 10.0. The van der Waals surface area contributed by atoms with E-state index in [0.717, 1.165) is 24.3 Å². The molecule has 1 saturated heterocycles. The number of carbonyl (C=O) groups is 2.